The summed E-state index contributed by atoms with van der Waals surface area (Å²) in [6.45, 7) is 2.42. The third kappa shape index (κ3) is 6.17. The molecule has 2 aromatic heterocycles. The highest BCUT2D eigenvalue weighted by Crippen LogP contribution is 2.39. The number of rotatable bonds is 8. The number of amides is 1. The molecule has 0 radical (unpaired) electrons. The monoisotopic (exact) mass is 573 g/mol. The largest absolute Gasteiger partial charge is 0.481 e. The second-order valence-corrected chi connectivity index (χ2v) is 10.5. The SMILES string of the molecule is COc1nc(-c2cccc(-c3cccc(NC(=O)c4ccn[nH]c4=O)c3C)c2Cl)ccc1CN[C@@H]1CCCC[C@@H]1O. The topological polar surface area (TPSA) is 129 Å². The number of hydrogen-bond acceptors (Lipinski definition) is 7. The van der Waals surface area contributed by atoms with Crippen LogP contribution in [0.15, 0.2) is 65.6 Å². The van der Waals surface area contributed by atoms with E-state index in [9.17, 15) is 14.7 Å². The van der Waals surface area contributed by atoms with E-state index in [1.54, 1.807) is 13.2 Å². The number of aliphatic hydroxyl groups is 1. The highest BCUT2D eigenvalue weighted by molar-refractivity contribution is 6.36. The van der Waals surface area contributed by atoms with Crippen LogP contribution in [0.2, 0.25) is 5.02 Å². The summed E-state index contributed by atoms with van der Waals surface area (Å²) in [5.41, 5.74) is 4.66. The van der Waals surface area contributed by atoms with E-state index in [1.165, 1.54) is 12.3 Å². The minimum absolute atomic E-state index is 0.0292. The summed E-state index contributed by atoms with van der Waals surface area (Å²) in [6, 6.07) is 16.6. The quantitative estimate of drug-likeness (QED) is 0.230. The van der Waals surface area contributed by atoms with Crippen molar-refractivity contribution in [2.45, 2.75) is 51.3 Å². The Hall–Kier alpha value is -4.05. The summed E-state index contributed by atoms with van der Waals surface area (Å²) in [5.74, 6) is -0.0358. The third-order valence-electron chi connectivity index (χ3n) is 7.53. The highest BCUT2D eigenvalue weighted by Gasteiger charge is 2.23. The number of carbonyl (C=O) groups is 1. The number of anilines is 1. The molecule has 4 aromatic rings. The van der Waals surface area contributed by atoms with Gasteiger partial charge in [0.1, 0.15) is 5.56 Å². The summed E-state index contributed by atoms with van der Waals surface area (Å²) >= 11 is 6.98. The van der Waals surface area contributed by atoms with Crippen LogP contribution >= 0.6 is 11.6 Å². The van der Waals surface area contributed by atoms with Crippen molar-refractivity contribution in [1.29, 1.82) is 0 Å². The van der Waals surface area contributed by atoms with Crippen LogP contribution in [0.5, 0.6) is 5.88 Å². The number of ether oxygens (including phenoxy) is 1. The Morgan fingerprint density at radius 2 is 1.83 bits per heavy atom. The molecular weight excluding hydrogens is 542 g/mol. The van der Waals surface area contributed by atoms with E-state index in [4.69, 9.17) is 21.3 Å². The average molecular weight is 574 g/mol. The fourth-order valence-corrected chi connectivity index (χ4v) is 5.56. The van der Waals surface area contributed by atoms with Crippen molar-refractivity contribution in [1.82, 2.24) is 20.5 Å². The number of nitrogens with one attached hydrogen (secondary N) is 3. The summed E-state index contributed by atoms with van der Waals surface area (Å²) in [4.78, 5) is 29.5. The Morgan fingerprint density at radius 3 is 2.61 bits per heavy atom. The molecule has 2 aromatic carbocycles. The fraction of sp³-hybridized carbons (Fsp3) is 0.290. The number of aromatic nitrogens is 3. The lowest BCUT2D eigenvalue weighted by Crippen LogP contribution is -2.41. The Morgan fingerprint density at radius 1 is 1.07 bits per heavy atom. The van der Waals surface area contributed by atoms with E-state index in [1.807, 2.05) is 49.4 Å². The standard InChI is InChI=1S/C31H32ClN5O4/c1-18-20(7-6-11-24(18)35-29(39)23-15-16-34-37-30(23)40)21-8-5-9-22(28(21)32)25-14-13-19(31(36-25)41-2)17-33-26-10-3-4-12-27(26)38/h5-9,11,13-16,26-27,33,38H,3-4,10,12,17H2,1-2H3,(H,35,39)(H,37,40)/t26-,27+/m1/s1. The van der Waals surface area contributed by atoms with Crippen LogP contribution in [0, 0.1) is 6.92 Å². The zero-order valence-electron chi connectivity index (χ0n) is 22.9. The van der Waals surface area contributed by atoms with Crippen molar-refractivity contribution in [3.8, 4) is 28.3 Å². The van der Waals surface area contributed by atoms with Gasteiger partial charge in [0.15, 0.2) is 0 Å². The highest BCUT2D eigenvalue weighted by atomic mass is 35.5. The maximum atomic E-state index is 12.8. The van der Waals surface area contributed by atoms with Crippen LogP contribution in [-0.4, -0.2) is 45.5 Å². The first-order chi connectivity index (χ1) is 19.9. The predicted molar refractivity (Wildman–Crippen MR) is 159 cm³/mol. The molecule has 0 saturated heterocycles. The Balaban J connectivity index is 1.41. The fourth-order valence-electron chi connectivity index (χ4n) is 5.23. The van der Waals surface area contributed by atoms with Gasteiger partial charge in [-0.1, -0.05) is 60.8 Å². The molecule has 1 aliphatic rings. The number of hydrogen-bond donors (Lipinski definition) is 4. The minimum Gasteiger partial charge on any atom is -0.481 e. The number of aromatic amines is 1. The Labute approximate surface area is 243 Å². The van der Waals surface area contributed by atoms with Gasteiger partial charge in [0.2, 0.25) is 5.88 Å². The van der Waals surface area contributed by atoms with Gasteiger partial charge < -0.3 is 20.5 Å². The molecule has 10 heteroatoms. The number of halogens is 1. The molecule has 0 bridgehead atoms. The first-order valence-corrected chi connectivity index (χ1v) is 13.9. The van der Waals surface area contributed by atoms with E-state index >= 15 is 0 Å². The van der Waals surface area contributed by atoms with Crippen molar-refractivity contribution in [2.75, 3.05) is 12.4 Å². The molecule has 0 unspecified atom stereocenters. The molecule has 2 atom stereocenters. The summed E-state index contributed by atoms with van der Waals surface area (Å²) in [5, 5.41) is 23.0. The first kappa shape index (κ1) is 28.5. The number of nitrogens with zero attached hydrogens (tertiary/aromatic N) is 2. The van der Waals surface area contributed by atoms with Crippen LogP contribution < -0.4 is 20.9 Å². The van der Waals surface area contributed by atoms with Crippen LogP contribution in [0.3, 0.4) is 0 Å². The summed E-state index contributed by atoms with van der Waals surface area (Å²) in [6.07, 6.45) is 4.96. The summed E-state index contributed by atoms with van der Waals surface area (Å²) in [7, 11) is 1.59. The minimum atomic E-state index is -0.564. The van der Waals surface area contributed by atoms with Crippen LogP contribution in [0.25, 0.3) is 22.4 Å². The lowest BCUT2D eigenvalue weighted by molar-refractivity contribution is 0.0901. The van der Waals surface area contributed by atoms with E-state index < -0.39 is 11.5 Å². The van der Waals surface area contributed by atoms with Crippen LogP contribution in [0.1, 0.15) is 47.2 Å². The number of pyridine rings is 1. The van der Waals surface area contributed by atoms with E-state index in [2.05, 4.69) is 20.8 Å². The second kappa shape index (κ2) is 12.6. The van der Waals surface area contributed by atoms with E-state index in [-0.39, 0.29) is 17.7 Å². The van der Waals surface area contributed by atoms with E-state index in [0.29, 0.717) is 28.8 Å². The zero-order valence-corrected chi connectivity index (χ0v) is 23.7. The normalized spacial score (nSPS) is 16.8. The molecule has 1 aliphatic carbocycles. The van der Waals surface area contributed by atoms with Crippen molar-refractivity contribution in [3.63, 3.8) is 0 Å². The molecule has 4 N–H and O–H groups in total. The van der Waals surface area contributed by atoms with Crippen LogP contribution in [-0.2, 0) is 6.54 Å². The van der Waals surface area contributed by atoms with Crippen molar-refractivity contribution in [3.05, 3.63) is 92.9 Å². The molecule has 9 nitrogen and oxygen atoms in total. The van der Waals surface area contributed by atoms with Crippen molar-refractivity contribution >= 4 is 23.2 Å². The number of carbonyl (C=O) groups excluding carboxylic acids is 1. The van der Waals surface area contributed by atoms with Gasteiger partial charge >= 0.3 is 0 Å². The maximum absolute atomic E-state index is 12.8. The maximum Gasteiger partial charge on any atom is 0.277 e. The Kier molecular flexibility index (Phi) is 8.78. The first-order valence-electron chi connectivity index (χ1n) is 13.6. The molecule has 1 fully saturated rings. The predicted octanol–water partition coefficient (Wildman–Crippen LogP) is 5.11. The zero-order chi connectivity index (χ0) is 28.9. The van der Waals surface area contributed by atoms with Gasteiger partial charge in [0, 0.05) is 41.2 Å². The molecule has 1 saturated carbocycles. The summed E-state index contributed by atoms with van der Waals surface area (Å²) < 4.78 is 5.62. The molecule has 41 heavy (non-hydrogen) atoms. The lowest BCUT2D eigenvalue weighted by Gasteiger charge is -2.28. The van der Waals surface area contributed by atoms with Crippen LogP contribution in [0.4, 0.5) is 5.69 Å². The van der Waals surface area contributed by atoms with Gasteiger partial charge in [-0.15, -0.1) is 0 Å². The average Bonchev–Trinajstić information content (AvgIpc) is 2.98. The van der Waals surface area contributed by atoms with Gasteiger partial charge in [-0.2, -0.15) is 5.10 Å². The van der Waals surface area contributed by atoms with Gasteiger partial charge in [-0.3, -0.25) is 9.59 Å². The second-order valence-electron chi connectivity index (χ2n) is 10.1. The lowest BCUT2D eigenvalue weighted by atomic mass is 9.92. The number of aliphatic hydroxyl groups excluding tert-OH is 1. The number of benzene rings is 2. The molecular formula is C31H32ClN5O4. The number of methoxy groups -OCH3 is 1. The molecule has 0 aliphatic heterocycles. The Bertz CT molecular complexity index is 1620. The van der Waals surface area contributed by atoms with Gasteiger partial charge in [-0.25, -0.2) is 10.1 Å². The molecule has 1 amide bonds. The van der Waals surface area contributed by atoms with Gasteiger partial charge in [-0.05, 0) is 49.1 Å². The molecule has 0 spiro atoms. The molecule has 2 heterocycles. The molecule has 212 valence electrons. The van der Waals surface area contributed by atoms with E-state index in [0.717, 1.165) is 53.5 Å². The molecule has 5 rings (SSSR count). The smallest absolute Gasteiger partial charge is 0.277 e. The third-order valence-corrected chi connectivity index (χ3v) is 7.94. The van der Waals surface area contributed by atoms with Gasteiger partial charge in [0.25, 0.3) is 11.5 Å². The number of H-pyrrole nitrogens is 1. The van der Waals surface area contributed by atoms with Crippen molar-refractivity contribution in [2.24, 2.45) is 0 Å². The van der Waals surface area contributed by atoms with Crippen molar-refractivity contribution < 1.29 is 14.6 Å². The van der Waals surface area contributed by atoms with Gasteiger partial charge in [0.05, 0.1) is 23.9 Å².